The van der Waals surface area contributed by atoms with E-state index in [0.29, 0.717) is 25.2 Å². The molecule has 4 heteroatoms. The molecule has 1 fully saturated rings. The fourth-order valence-electron chi connectivity index (χ4n) is 2.03. The molecular formula is C15H18N2O2. The van der Waals surface area contributed by atoms with Crippen molar-refractivity contribution in [2.75, 3.05) is 6.61 Å². The number of benzene rings is 1. The minimum absolute atomic E-state index is 0.0918. The molecule has 0 aromatic heterocycles. The summed E-state index contributed by atoms with van der Waals surface area (Å²) in [4.78, 5) is 0. The van der Waals surface area contributed by atoms with E-state index in [1.807, 2.05) is 31.2 Å². The highest BCUT2D eigenvalue weighted by Gasteiger charge is 2.43. The van der Waals surface area contributed by atoms with E-state index in [0.717, 1.165) is 24.2 Å². The fraction of sp³-hybridized carbons (Fsp3) is 0.467. The van der Waals surface area contributed by atoms with E-state index in [-0.39, 0.29) is 5.41 Å². The predicted molar refractivity (Wildman–Crippen MR) is 72.4 cm³/mol. The number of hydrogen-bond acceptors (Lipinski definition) is 4. The van der Waals surface area contributed by atoms with Crippen molar-refractivity contribution >= 4 is 5.71 Å². The standard InChI is InChI=1S/C15H18N2O2/c1-2-14(17-18)12-3-5-13(6-4-12)19-11-15(7-8-15)9-10-16/h3-6,18H,2,7-9,11H2,1H3. The van der Waals surface area contributed by atoms with Gasteiger partial charge >= 0.3 is 0 Å². The average Bonchev–Trinajstić information content (AvgIpc) is 3.20. The minimum Gasteiger partial charge on any atom is -0.493 e. The van der Waals surface area contributed by atoms with Gasteiger partial charge in [0.25, 0.3) is 0 Å². The predicted octanol–water partition coefficient (Wildman–Crippen LogP) is 3.35. The van der Waals surface area contributed by atoms with Crippen LogP contribution in [0.15, 0.2) is 29.4 Å². The number of nitriles is 1. The van der Waals surface area contributed by atoms with Crippen LogP contribution in [0.2, 0.25) is 0 Å². The molecule has 0 spiro atoms. The zero-order valence-corrected chi connectivity index (χ0v) is 11.1. The van der Waals surface area contributed by atoms with Gasteiger partial charge in [0.2, 0.25) is 0 Å². The van der Waals surface area contributed by atoms with Gasteiger partial charge in [-0.2, -0.15) is 5.26 Å². The Morgan fingerprint density at radius 3 is 2.58 bits per heavy atom. The van der Waals surface area contributed by atoms with Crippen molar-refractivity contribution in [1.29, 1.82) is 5.26 Å². The van der Waals surface area contributed by atoms with Crippen molar-refractivity contribution in [1.82, 2.24) is 0 Å². The molecule has 0 aliphatic heterocycles. The molecule has 1 saturated carbocycles. The first-order valence-corrected chi connectivity index (χ1v) is 6.54. The smallest absolute Gasteiger partial charge is 0.119 e. The summed E-state index contributed by atoms with van der Waals surface area (Å²) in [5, 5.41) is 20.9. The number of nitrogens with zero attached hydrogens (tertiary/aromatic N) is 2. The van der Waals surface area contributed by atoms with Crippen molar-refractivity contribution < 1.29 is 9.94 Å². The van der Waals surface area contributed by atoms with E-state index in [1.165, 1.54) is 0 Å². The molecule has 2 rings (SSSR count). The molecule has 1 aromatic rings. The van der Waals surface area contributed by atoms with Gasteiger partial charge in [-0.1, -0.05) is 12.1 Å². The molecular weight excluding hydrogens is 240 g/mol. The fourth-order valence-corrected chi connectivity index (χ4v) is 2.03. The number of oxime groups is 1. The first-order chi connectivity index (χ1) is 9.23. The summed E-state index contributed by atoms with van der Waals surface area (Å²) in [7, 11) is 0. The lowest BCUT2D eigenvalue weighted by Gasteiger charge is -2.13. The number of ether oxygens (including phenoxy) is 1. The van der Waals surface area contributed by atoms with Crippen LogP contribution in [0, 0.1) is 16.7 Å². The minimum atomic E-state index is 0.0918. The van der Waals surface area contributed by atoms with Gasteiger partial charge in [0.15, 0.2) is 0 Å². The summed E-state index contributed by atoms with van der Waals surface area (Å²) in [6, 6.07) is 9.74. The van der Waals surface area contributed by atoms with Crippen LogP contribution in [0.4, 0.5) is 0 Å². The first-order valence-electron chi connectivity index (χ1n) is 6.54. The molecule has 100 valence electrons. The second-order valence-electron chi connectivity index (χ2n) is 5.05. The van der Waals surface area contributed by atoms with Crippen molar-refractivity contribution in [3.63, 3.8) is 0 Å². The van der Waals surface area contributed by atoms with Gasteiger partial charge in [-0.15, -0.1) is 0 Å². The van der Waals surface area contributed by atoms with E-state index in [2.05, 4.69) is 11.2 Å². The van der Waals surface area contributed by atoms with Gasteiger partial charge in [-0.3, -0.25) is 0 Å². The molecule has 1 aliphatic rings. The third-order valence-corrected chi connectivity index (χ3v) is 3.60. The van der Waals surface area contributed by atoms with Gasteiger partial charge in [0.05, 0.1) is 18.4 Å². The molecule has 0 amide bonds. The highest BCUT2D eigenvalue weighted by atomic mass is 16.5. The Bertz CT molecular complexity index is 496. The maximum Gasteiger partial charge on any atom is 0.119 e. The van der Waals surface area contributed by atoms with E-state index in [9.17, 15) is 0 Å². The van der Waals surface area contributed by atoms with Crippen LogP contribution in [-0.2, 0) is 0 Å². The monoisotopic (exact) mass is 258 g/mol. The Hall–Kier alpha value is -2.02. The number of hydrogen-bond donors (Lipinski definition) is 1. The van der Waals surface area contributed by atoms with E-state index < -0.39 is 0 Å². The molecule has 1 aromatic carbocycles. The Morgan fingerprint density at radius 2 is 2.11 bits per heavy atom. The average molecular weight is 258 g/mol. The highest BCUT2D eigenvalue weighted by Crippen LogP contribution is 2.48. The van der Waals surface area contributed by atoms with Crippen molar-refractivity contribution in [2.24, 2.45) is 10.6 Å². The molecule has 19 heavy (non-hydrogen) atoms. The van der Waals surface area contributed by atoms with Crippen LogP contribution in [-0.4, -0.2) is 17.5 Å². The summed E-state index contributed by atoms with van der Waals surface area (Å²) in [6.45, 7) is 2.55. The Morgan fingerprint density at radius 1 is 1.42 bits per heavy atom. The van der Waals surface area contributed by atoms with Crippen LogP contribution >= 0.6 is 0 Å². The summed E-state index contributed by atoms with van der Waals surface area (Å²) in [5.74, 6) is 0.793. The van der Waals surface area contributed by atoms with Gasteiger partial charge in [-0.05, 0) is 49.1 Å². The lowest BCUT2D eigenvalue weighted by molar-refractivity contribution is 0.237. The van der Waals surface area contributed by atoms with Gasteiger partial charge in [0, 0.05) is 11.8 Å². The van der Waals surface area contributed by atoms with Crippen LogP contribution in [0.3, 0.4) is 0 Å². The Balaban J connectivity index is 1.94. The topological polar surface area (TPSA) is 65.6 Å². The van der Waals surface area contributed by atoms with Crippen LogP contribution in [0.25, 0.3) is 0 Å². The SMILES string of the molecule is CCC(=NO)c1ccc(OCC2(CC#N)CC2)cc1. The molecule has 0 atom stereocenters. The van der Waals surface area contributed by atoms with Gasteiger partial charge in [0.1, 0.15) is 5.75 Å². The summed E-state index contributed by atoms with van der Waals surface area (Å²) in [6.07, 6.45) is 3.41. The van der Waals surface area contributed by atoms with Crippen molar-refractivity contribution in [3.8, 4) is 11.8 Å². The van der Waals surface area contributed by atoms with Crippen molar-refractivity contribution in [3.05, 3.63) is 29.8 Å². The maximum absolute atomic E-state index is 8.85. The van der Waals surface area contributed by atoms with Crippen LogP contribution in [0.5, 0.6) is 5.75 Å². The van der Waals surface area contributed by atoms with E-state index in [1.54, 1.807) is 0 Å². The van der Waals surface area contributed by atoms with Crippen LogP contribution in [0.1, 0.15) is 38.2 Å². The Labute approximate surface area is 113 Å². The second kappa shape index (κ2) is 5.75. The molecule has 4 nitrogen and oxygen atoms in total. The highest BCUT2D eigenvalue weighted by molar-refractivity contribution is 6.00. The lowest BCUT2D eigenvalue weighted by atomic mass is 10.1. The Kier molecular flexibility index (Phi) is 4.06. The first kappa shape index (κ1) is 13.4. The van der Waals surface area contributed by atoms with Gasteiger partial charge < -0.3 is 9.94 Å². The molecule has 0 heterocycles. The van der Waals surface area contributed by atoms with Crippen LogP contribution < -0.4 is 4.74 Å². The number of rotatable bonds is 6. The summed E-state index contributed by atoms with van der Waals surface area (Å²) >= 11 is 0. The molecule has 1 N–H and O–H groups in total. The lowest BCUT2D eigenvalue weighted by Crippen LogP contribution is -2.12. The van der Waals surface area contributed by atoms with Crippen molar-refractivity contribution in [2.45, 2.75) is 32.6 Å². The molecule has 0 saturated heterocycles. The largest absolute Gasteiger partial charge is 0.493 e. The van der Waals surface area contributed by atoms with Gasteiger partial charge in [-0.25, -0.2) is 0 Å². The molecule has 0 unspecified atom stereocenters. The quantitative estimate of drug-likeness (QED) is 0.483. The zero-order chi connectivity index (χ0) is 13.7. The zero-order valence-electron chi connectivity index (χ0n) is 11.1. The third-order valence-electron chi connectivity index (χ3n) is 3.60. The molecule has 0 bridgehead atoms. The molecule has 1 aliphatic carbocycles. The maximum atomic E-state index is 8.85. The third kappa shape index (κ3) is 3.25. The summed E-state index contributed by atoms with van der Waals surface area (Å²) < 4.78 is 5.73. The summed E-state index contributed by atoms with van der Waals surface area (Å²) in [5.41, 5.74) is 1.65. The van der Waals surface area contributed by atoms with E-state index in [4.69, 9.17) is 15.2 Å². The van der Waals surface area contributed by atoms with E-state index >= 15 is 0 Å². The second-order valence-corrected chi connectivity index (χ2v) is 5.05. The molecule has 0 radical (unpaired) electrons. The normalized spacial score (nSPS) is 16.7.